The lowest BCUT2D eigenvalue weighted by atomic mass is 9.91. The Kier molecular flexibility index (Phi) is 6.42. The molecule has 0 aliphatic heterocycles. The molecule has 0 aromatic rings. The number of allylic oxidation sites excluding steroid dienone is 1. The van der Waals surface area contributed by atoms with Crippen LogP contribution in [-0.4, -0.2) is 8.07 Å². The van der Waals surface area contributed by atoms with E-state index >= 15 is 0 Å². The molecule has 0 saturated carbocycles. The van der Waals surface area contributed by atoms with Gasteiger partial charge in [0.25, 0.3) is 0 Å². The summed E-state index contributed by atoms with van der Waals surface area (Å²) in [6, 6.07) is 1.46. The maximum absolute atomic E-state index is 3.94. The summed E-state index contributed by atoms with van der Waals surface area (Å²) < 4.78 is 0. The van der Waals surface area contributed by atoms with Crippen LogP contribution in [0, 0.1) is 11.8 Å². The molecule has 1 heteroatoms. The number of unbranched alkanes of at least 4 members (excludes halogenated alkanes) is 1. The van der Waals surface area contributed by atoms with Crippen molar-refractivity contribution in [2.45, 2.75) is 58.8 Å². The van der Waals surface area contributed by atoms with E-state index in [4.69, 9.17) is 0 Å². The maximum Gasteiger partial charge on any atom is 0.0445 e. The molecule has 0 fully saturated rings. The first kappa shape index (κ1) is 14.0. The van der Waals surface area contributed by atoms with E-state index in [2.05, 4.69) is 46.1 Å². The molecule has 0 aromatic heterocycles. The van der Waals surface area contributed by atoms with Crippen LogP contribution in [0.3, 0.4) is 0 Å². The van der Waals surface area contributed by atoms with Crippen LogP contribution in [0.4, 0.5) is 0 Å². The van der Waals surface area contributed by atoms with Gasteiger partial charge in [0.1, 0.15) is 0 Å². The van der Waals surface area contributed by atoms with Gasteiger partial charge in [-0.25, -0.2) is 0 Å². The van der Waals surface area contributed by atoms with Crippen molar-refractivity contribution >= 4 is 8.07 Å². The number of hydrogen-bond acceptors (Lipinski definition) is 0. The standard InChI is InChI=1S/C13H28Si/c1-7-9-10-13(12(3)8-2)11-14(4,5)6/h8,12-13H,2,7,9-11H2,1,3-6H3. The van der Waals surface area contributed by atoms with Crippen LogP contribution < -0.4 is 0 Å². The van der Waals surface area contributed by atoms with Gasteiger partial charge in [0.05, 0.1) is 0 Å². The predicted octanol–water partition coefficient (Wildman–Crippen LogP) is 4.95. The van der Waals surface area contributed by atoms with Crippen LogP contribution in [0.25, 0.3) is 0 Å². The van der Waals surface area contributed by atoms with Gasteiger partial charge in [-0.2, -0.15) is 0 Å². The molecule has 0 N–H and O–H groups in total. The van der Waals surface area contributed by atoms with Gasteiger partial charge in [-0.15, -0.1) is 6.58 Å². The zero-order chi connectivity index (χ0) is 11.2. The maximum atomic E-state index is 3.94. The average molecular weight is 212 g/mol. The van der Waals surface area contributed by atoms with Crippen molar-refractivity contribution in [2.24, 2.45) is 11.8 Å². The molecular formula is C13H28Si. The van der Waals surface area contributed by atoms with Gasteiger partial charge < -0.3 is 0 Å². The SMILES string of the molecule is C=CC(C)C(CCCC)C[Si](C)(C)C. The normalized spacial score (nSPS) is 16.4. The molecule has 0 nitrogen and oxygen atoms in total. The van der Waals surface area contributed by atoms with Crippen molar-refractivity contribution in [3.8, 4) is 0 Å². The van der Waals surface area contributed by atoms with Crippen molar-refractivity contribution in [3.05, 3.63) is 12.7 Å². The molecule has 0 saturated heterocycles. The Morgan fingerprint density at radius 2 is 1.86 bits per heavy atom. The summed E-state index contributed by atoms with van der Waals surface area (Å²) in [6.07, 6.45) is 6.24. The number of rotatable bonds is 7. The Bertz CT molecular complexity index is 155. The summed E-state index contributed by atoms with van der Waals surface area (Å²) >= 11 is 0. The van der Waals surface area contributed by atoms with E-state index in [9.17, 15) is 0 Å². The summed E-state index contributed by atoms with van der Waals surface area (Å²) in [6.45, 7) is 16.0. The van der Waals surface area contributed by atoms with E-state index in [1.165, 1.54) is 25.3 Å². The van der Waals surface area contributed by atoms with Gasteiger partial charge in [-0.1, -0.05) is 64.9 Å². The van der Waals surface area contributed by atoms with Crippen molar-refractivity contribution in [3.63, 3.8) is 0 Å². The van der Waals surface area contributed by atoms with Gasteiger partial charge in [0, 0.05) is 8.07 Å². The minimum absolute atomic E-state index is 0.702. The monoisotopic (exact) mass is 212 g/mol. The van der Waals surface area contributed by atoms with E-state index in [0.29, 0.717) is 5.92 Å². The quantitative estimate of drug-likeness (QED) is 0.413. The van der Waals surface area contributed by atoms with E-state index in [-0.39, 0.29) is 0 Å². The molecule has 0 spiro atoms. The summed E-state index contributed by atoms with van der Waals surface area (Å²) in [5.74, 6) is 1.59. The van der Waals surface area contributed by atoms with Gasteiger partial charge in [-0.05, 0) is 11.8 Å². The highest BCUT2D eigenvalue weighted by Gasteiger charge is 2.22. The smallest absolute Gasteiger partial charge is 0.0445 e. The molecule has 0 rings (SSSR count). The molecule has 14 heavy (non-hydrogen) atoms. The zero-order valence-electron chi connectivity index (χ0n) is 10.8. The fraction of sp³-hybridized carbons (Fsp3) is 0.846. The lowest BCUT2D eigenvalue weighted by molar-refractivity contribution is 0.409. The first-order chi connectivity index (χ1) is 6.40. The summed E-state index contributed by atoms with van der Waals surface area (Å²) in [7, 11) is -0.897. The topological polar surface area (TPSA) is 0 Å². The summed E-state index contributed by atoms with van der Waals surface area (Å²) in [5.41, 5.74) is 0. The minimum Gasteiger partial charge on any atom is -0.103 e. The second-order valence-electron chi connectivity index (χ2n) is 5.76. The number of hydrogen-bond donors (Lipinski definition) is 0. The molecule has 0 heterocycles. The lowest BCUT2D eigenvalue weighted by Gasteiger charge is -2.27. The third-order valence-corrected chi connectivity index (χ3v) is 4.67. The third-order valence-electron chi connectivity index (χ3n) is 2.92. The van der Waals surface area contributed by atoms with Gasteiger partial charge in [-0.3, -0.25) is 0 Å². The van der Waals surface area contributed by atoms with Crippen LogP contribution >= 0.6 is 0 Å². The van der Waals surface area contributed by atoms with Crippen molar-refractivity contribution in [1.29, 1.82) is 0 Å². The minimum atomic E-state index is -0.897. The van der Waals surface area contributed by atoms with E-state index < -0.39 is 8.07 Å². The van der Waals surface area contributed by atoms with Gasteiger partial charge in [0.2, 0.25) is 0 Å². The Balaban J connectivity index is 4.17. The van der Waals surface area contributed by atoms with Crippen molar-refractivity contribution in [1.82, 2.24) is 0 Å². The van der Waals surface area contributed by atoms with Crippen LogP contribution in [0.1, 0.15) is 33.1 Å². The average Bonchev–Trinajstić information content (AvgIpc) is 2.09. The molecule has 0 radical (unpaired) electrons. The fourth-order valence-electron chi connectivity index (χ4n) is 2.00. The second kappa shape index (κ2) is 6.44. The highest BCUT2D eigenvalue weighted by Crippen LogP contribution is 2.28. The highest BCUT2D eigenvalue weighted by molar-refractivity contribution is 6.76. The van der Waals surface area contributed by atoms with Gasteiger partial charge in [0.15, 0.2) is 0 Å². The van der Waals surface area contributed by atoms with E-state index in [0.717, 1.165) is 5.92 Å². The first-order valence-corrected chi connectivity index (χ1v) is 9.74. The Labute approximate surface area is 91.8 Å². The Hall–Kier alpha value is -0.0431. The predicted molar refractivity (Wildman–Crippen MR) is 70.5 cm³/mol. The lowest BCUT2D eigenvalue weighted by Crippen LogP contribution is -2.26. The first-order valence-electron chi connectivity index (χ1n) is 6.03. The van der Waals surface area contributed by atoms with Crippen LogP contribution in [0.15, 0.2) is 12.7 Å². The van der Waals surface area contributed by atoms with Crippen molar-refractivity contribution < 1.29 is 0 Å². The molecule has 0 aliphatic rings. The van der Waals surface area contributed by atoms with Crippen LogP contribution in [0.2, 0.25) is 25.7 Å². The molecule has 0 aliphatic carbocycles. The second-order valence-corrected chi connectivity index (χ2v) is 11.3. The van der Waals surface area contributed by atoms with Crippen LogP contribution in [-0.2, 0) is 0 Å². The van der Waals surface area contributed by atoms with Crippen molar-refractivity contribution in [2.75, 3.05) is 0 Å². The third kappa shape index (κ3) is 6.42. The fourth-order valence-corrected chi connectivity index (χ4v) is 4.15. The molecule has 2 unspecified atom stereocenters. The largest absolute Gasteiger partial charge is 0.103 e. The highest BCUT2D eigenvalue weighted by atomic mass is 28.3. The van der Waals surface area contributed by atoms with Gasteiger partial charge >= 0.3 is 0 Å². The summed E-state index contributed by atoms with van der Waals surface area (Å²) in [4.78, 5) is 0. The van der Waals surface area contributed by atoms with E-state index in [1.807, 2.05) is 0 Å². The van der Waals surface area contributed by atoms with Crippen LogP contribution in [0.5, 0.6) is 0 Å². The molecule has 84 valence electrons. The zero-order valence-corrected chi connectivity index (χ0v) is 11.8. The Morgan fingerprint density at radius 1 is 1.29 bits per heavy atom. The molecule has 2 atom stereocenters. The molecular weight excluding hydrogens is 184 g/mol. The summed E-state index contributed by atoms with van der Waals surface area (Å²) in [5, 5.41) is 0. The Morgan fingerprint density at radius 3 is 2.21 bits per heavy atom. The van der Waals surface area contributed by atoms with E-state index in [1.54, 1.807) is 0 Å². The molecule has 0 aromatic carbocycles. The molecule has 0 amide bonds. The molecule has 0 bridgehead atoms.